The average Bonchev–Trinajstić information content (AvgIpc) is 2.44. The Morgan fingerprint density at radius 2 is 2.05 bits per heavy atom. The van der Waals surface area contributed by atoms with Gasteiger partial charge >= 0.3 is 0 Å². The first-order valence-electron chi connectivity index (χ1n) is 8.03. The molecule has 4 nitrogen and oxygen atoms in total. The van der Waals surface area contributed by atoms with E-state index in [1.165, 1.54) is 0 Å². The molecule has 4 unspecified atom stereocenters. The van der Waals surface area contributed by atoms with Crippen LogP contribution in [0.4, 0.5) is 0 Å². The molecule has 1 N–H and O–H groups in total. The Kier molecular flexibility index (Phi) is 3.19. The zero-order chi connectivity index (χ0) is 15.4. The molecule has 1 aromatic rings. The van der Waals surface area contributed by atoms with Crippen molar-refractivity contribution in [3.63, 3.8) is 0 Å². The number of hydrogen-bond donors (Lipinski definition) is 1. The van der Waals surface area contributed by atoms with Crippen LogP contribution in [0.1, 0.15) is 43.7 Å². The smallest absolute Gasteiger partial charge is 0.0705 e. The summed E-state index contributed by atoms with van der Waals surface area (Å²) in [5, 5.41) is 15.4. The van der Waals surface area contributed by atoms with Crippen molar-refractivity contribution in [1.82, 2.24) is 0 Å². The highest BCUT2D eigenvalue weighted by Gasteiger charge is 2.63. The second-order valence-corrected chi connectivity index (χ2v) is 8.29. The normalized spacial score (nSPS) is 43.6. The summed E-state index contributed by atoms with van der Waals surface area (Å²) in [6.07, 6.45) is 4.49. The standard InChI is InChI=1S/C17H20ClN3O/c18-16-7-11-6-13(9-16)14(17(22,8-11)10-16)15(20-21-19)12-4-2-1-3-5-12/h1-5,11,13-15,22H,6-10H2/t11?,13?,14?,15-,16?,17-/m0/s1. The van der Waals surface area contributed by atoms with E-state index < -0.39 is 5.60 Å². The molecule has 22 heavy (non-hydrogen) atoms. The van der Waals surface area contributed by atoms with Gasteiger partial charge in [0.05, 0.1) is 11.6 Å². The monoisotopic (exact) mass is 317 g/mol. The van der Waals surface area contributed by atoms with Gasteiger partial charge in [0.1, 0.15) is 0 Å². The number of alkyl halides is 1. The SMILES string of the molecule is [N-]=[N+]=N[C@@H](c1ccccc1)C1C2CC3CC(Cl)(C2)C[C@@]1(O)C3. The van der Waals surface area contributed by atoms with Crippen molar-refractivity contribution in [2.45, 2.75) is 48.6 Å². The molecule has 4 saturated carbocycles. The van der Waals surface area contributed by atoms with E-state index in [1.807, 2.05) is 30.3 Å². The Bertz CT molecular complexity index is 632. The molecule has 1 aromatic carbocycles. The Morgan fingerprint density at radius 1 is 1.27 bits per heavy atom. The van der Waals surface area contributed by atoms with Crippen LogP contribution in [0.25, 0.3) is 10.4 Å². The van der Waals surface area contributed by atoms with Crippen molar-refractivity contribution in [2.24, 2.45) is 22.9 Å². The number of rotatable bonds is 3. The lowest BCUT2D eigenvalue weighted by Gasteiger charge is -2.63. The van der Waals surface area contributed by atoms with Gasteiger partial charge in [0.25, 0.3) is 0 Å². The van der Waals surface area contributed by atoms with Gasteiger partial charge in [-0.05, 0) is 55.0 Å². The highest BCUT2D eigenvalue weighted by atomic mass is 35.5. The van der Waals surface area contributed by atoms with Crippen LogP contribution in [0.5, 0.6) is 0 Å². The molecule has 4 aliphatic rings. The minimum Gasteiger partial charge on any atom is -0.389 e. The van der Waals surface area contributed by atoms with Crippen LogP contribution in [0.3, 0.4) is 0 Å². The fraction of sp³-hybridized carbons (Fsp3) is 0.647. The molecule has 4 bridgehead atoms. The molecule has 0 spiro atoms. The van der Waals surface area contributed by atoms with Crippen molar-refractivity contribution in [2.75, 3.05) is 0 Å². The average molecular weight is 318 g/mol. The van der Waals surface area contributed by atoms with Crippen molar-refractivity contribution < 1.29 is 5.11 Å². The van der Waals surface area contributed by atoms with Crippen molar-refractivity contribution in [3.05, 3.63) is 46.3 Å². The maximum absolute atomic E-state index is 11.3. The number of hydrogen-bond acceptors (Lipinski definition) is 2. The first kappa shape index (κ1) is 14.4. The number of aliphatic hydroxyl groups is 1. The zero-order valence-electron chi connectivity index (χ0n) is 12.4. The van der Waals surface area contributed by atoms with Gasteiger partial charge in [-0.1, -0.05) is 35.4 Å². The minimum absolute atomic E-state index is 0.0192. The van der Waals surface area contributed by atoms with Gasteiger partial charge in [-0.15, -0.1) is 11.6 Å². The Hall–Kier alpha value is -1.22. The van der Waals surface area contributed by atoms with Crippen molar-refractivity contribution in [3.8, 4) is 0 Å². The third-order valence-corrected chi connectivity index (χ3v) is 6.41. The van der Waals surface area contributed by atoms with Gasteiger partial charge in [0, 0.05) is 15.7 Å². The molecule has 0 radical (unpaired) electrons. The first-order valence-corrected chi connectivity index (χ1v) is 8.41. The lowest BCUT2D eigenvalue weighted by molar-refractivity contribution is -0.170. The van der Waals surface area contributed by atoms with Gasteiger partial charge < -0.3 is 5.11 Å². The second-order valence-electron chi connectivity index (χ2n) is 7.49. The van der Waals surface area contributed by atoms with Crippen LogP contribution < -0.4 is 0 Å². The number of nitrogens with zero attached hydrogens (tertiary/aromatic N) is 3. The van der Waals surface area contributed by atoms with E-state index in [2.05, 4.69) is 10.0 Å². The Morgan fingerprint density at radius 3 is 2.68 bits per heavy atom. The number of halogens is 1. The summed E-state index contributed by atoms with van der Waals surface area (Å²) in [6.45, 7) is 0. The van der Waals surface area contributed by atoms with Gasteiger partial charge in [0.15, 0.2) is 0 Å². The summed E-state index contributed by atoms with van der Waals surface area (Å²) >= 11 is 6.75. The van der Waals surface area contributed by atoms with Gasteiger partial charge in [-0.2, -0.15) is 0 Å². The van der Waals surface area contributed by atoms with E-state index in [4.69, 9.17) is 17.1 Å². The quantitative estimate of drug-likeness (QED) is 0.377. The molecule has 0 aromatic heterocycles. The summed E-state index contributed by atoms with van der Waals surface area (Å²) in [4.78, 5) is 2.83. The van der Waals surface area contributed by atoms with Crippen molar-refractivity contribution in [1.29, 1.82) is 0 Å². The molecule has 0 heterocycles. The summed E-state index contributed by atoms with van der Waals surface area (Å²) in [5.74, 6) is 0.849. The van der Waals surface area contributed by atoms with Crippen LogP contribution in [0.2, 0.25) is 0 Å². The van der Waals surface area contributed by atoms with E-state index in [0.29, 0.717) is 18.3 Å². The van der Waals surface area contributed by atoms with Gasteiger partial charge in [-0.25, -0.2) is 0 Å². The minimum atomic E-state index is -0.791. The lowest BCUT2D eigenvalue weighted by Crippen LogP contribution is -2.63. The predicted octanol–water partition coefficient (Wildman–Crippen LogP) is 4.59. The highest BCUT2D eigenvalue weighted by Crippen LogP contribution is 2.65. The fourth-order valence-electron chi connectivity index (χ4n) is 5.66. The van der Waals surface area contributed by atoms with E-state index in [-0.39, 0.29) is 16.8 Å². The number of azide groups is 1. The third-order valence-electron chi connectivity index (χ3n) is 5.97. The third kappa shape index (κ3) is 2.13. The van der Waals surface area contributed by atoms with Crippen LogP contribution in [-0.4, -0.2) is 15.6 Å². The molecular formula is C17H20ClN3O. The van der Waals surface area contributed by atoms with Crippen molar-refractivity contribution >= 4 is 11.6 Å². The molecule has 4 aliphatic carbocycles. The molecule has 0 saturated heterocycles. The summed E-state index contributed by atoms with van der Waals surface area (Å²) < 4.78 is 0. The maximum Gasteiger partial charge on any atom is 0.0705 e. The Labute approximate surface area is 135 Å². The molecule has 4 fully saturated rings. The van der Waals surface area contributed by atoms with Gasteiger partial charge in [0.2, 0.25) is 0 Å². The summed E-state index contributed by atoms with van der Waals surface area (Å²) in [7, 11) is 0. The summed E-state index contributed by atoms with van der Waals surface area (Å²) in [5.41, 5.74) is 9.24. The van der Waals surface area contributed by atoms with E-state index in [9.17, 15) is 5.11 Å². The first-order chi connectivity index (χ1) is 10.5. The fourth-order valence-corrected chi connectivity index (χ4v) is 6.30. The molecule has 5 heteroatoms. The van der Waals surface area contributed by atoms with E-state index in [1.54, 1.807) is 0 Å². The van der Waals surface area contributed by atoms with Crippen LogP contribution in [-0.2, 0) is 0 Å². The zero-order valence-corrected chi connectivity index (χ0v) is 13.2. The largest absolute Gasteiger partial charge is 0.389 e. The summed E-state index contributed by atoms with van der Waals surface area (Å²) in [6, 6.07) is 9.54. The van der Waals surface area contributed by atoms with Gasteiger partial charge in [-0.3, -0.25) is 0 Å². The lowest BCUT2D eigenvalue weighted by atomic mass is 9.47. The Balaban J connectivity index is 1.76. The van der Waals surface area contributed by atoms with Crippen LogP contribution >= 0.6 is 11.6 Å². The molecule has 116 valence electrons. The second kappa shape index (κ2) is 4.89. The number of benzene rings is 1. The van der Waals surface area contributed by atoms with Crippen LogP contribution in [0.15, 0.2) is 35.4 Å². The molecule has 6 atom stereocenters. The topological polar surface area (TPSA) is 69.0 Å². The molecular weight excluding hydrogens is 298 g/mol. The molecule has 0 aliphatic heterocycles. The molecule has 5 rings (SSSR count). The molecule has 0 amide bonds. The van der Waals surface area contributed by atoms with E-state index in [0.717, 1.165) is 31.2 Å². The maximum atomic E-state index is 11.3. The van der Waals surface area contributed by atoms with E-state index >= 15 is 0 Å². The highest BCUT2D eigenvalue weighted by molar-refractivity contribution is 6.24. The predicted molar refractivity (Wildman–Crippen MR) is 85.4 cm³/mol. The van der Waals surface area contributed by atoms with Crippen LogP contribution in [0, 0.1) is 17.8 Å².